The molecule has 4 nitrogen and oxygen atoms in total. The van der Waals surface area contributed by atoms with E-state index in [0.29, 0.717) is 25.2 Å². The summed E-state index contributed by atoms with van der Waals surface area (Å²) in [4.78, 5) is 25.0. The van der Waals surface area contributed by atoms with E-state index in [1.54, 1.807) is 4.90 Å². The van der Waals surface area contributed by atoms with Crippen molar-refractivity contribution < 1.29 is 14.3 Å². The summed E-state index contributed by atoms with van der Waals surface area (Å²) in [6.07, 6.45) is 2.41. The van der Waals surface area contributed by atoms with Crippen LogP contribution in [0.15, 0.2) is 0 Å². The van der Waals surface area contributed by atoms with Gasteiger partial charge in [0, 0.05) is 24.4 Å². The Morgan fingerprint density at radius 1 is 1.35 bits per heavy atom. The van der Waals surface area contributed by atoms with Gasteiger partial charge in [-0.1, -0.05) is 0 Å². The molecule has 0 aromatic carbocycles. The van der Waals surface area contributed by atoms with Crippen LogP contribution in [0.5, 0.6) is 0 Å². The minimum atomic E-state index is -0.267. The summed E-state index contributed by atoms with van der Waals surface area (Å²) in [7, 11) is 0. The molecule has 0 radical (unpaired) electrons. The molecule has 0 aromatic heterocycles. The highest BCUT2D eigenvalue weighted by Gasteiger charge is 2.36. The topological polar surface area (TPSA) is 46.6 Å². The van der Waals surface area contributed by atoms with E-state index in [9.17, 15) is 9.59 Å². The highest BCUT2D eigenvalue weighted by Crippen LogP contribution is 2.27. The van der Waals surface area contributed by atoms with Crippen molar-refractivity contribution in [3.05, 3.63) is 0 Å². The zero-order valence-corrected chi connectivity index (χ0v) is 11.3. The number of amides is 1. The summed E-state index contributed by atoms with van der Waals surface area (Å²) in [6.45, 7) is 8.20. The van der Waals surface area contributed by atoms with Crippen LogP contribution in [0.2, 0.25) is 0 Å². The number of ketones is 1. The molecular weight excluding hydrogens is 218 g/mol. The van der Waals surface area contributed by atoms with E-state index in [0.717, 1.165) is 12.8 Å². The maximum absolute atomic E-state index is 12.0. The molecule has 0 saturated heterocycles. The minimum Gasteiger partial charge on any atom is -0.450 e. The predicted octanol–water partition coefficient (Wildman–Crippen LogP) is 2.76. The molecule has 1 fully saturated rings. The number of hydrogen-bond donors (Lipinski definition) is 0. The highest BCUT2D eigenvalue weighted by atomic mass is 16.6. The van der Waals surface area contributed by atoms with Crippen molar-refractivity contribution in [3.8, 4) is 0 Å². The van der Waals surface area contributed by atoms with Crippen LogP contribution in [-0.4, -0.2) is 35.0 Å². The van der Waals surface area contributed by atoms with Gasteiger partial charge in [-0.2, -0.15) is 0 Å². The van der Waals surface area contributed by atoms with E-state index in [2.05, 4.69) is 0 Å². The molecule has 98 valence electrons. The fourth-order valence-corrected chi connectivity index (χ4v) is 2.35. The predicted molar refractivity (Wildman–Crippen MR) is 65.9 cm³/mol. The summed E-state index contributed by atoms with van der Waals surface area (Å²) in [5.74, 6) is 0.305. The SMILES string of the molecule is CCOC(=O)N(C1CCC(=O)CC1)C(C)(C)C. The monoisotopic (exact) mass is 241 g/mol. The summed E-state index contributed by atoms with van der Waals surface area (Å²) >= 11 is 0. The molecular formula is C13H23NO3. The number of rotatable bonds is 2. The van der Waals surface area contributed by atoms with Crippen LogP contribution in [0.25, 0.3) is 0 Å². The summed E-state index contributed by atoms with van der Waals surface area (Å²) < 4.78 is 5.11. The Hall–Kier alpha value is -1.06. The molecule has 0 heterocycles. The molecule has 0 spiro atoms. The van der Waals surface area contributed by atoms with Crippen molar-refractivity contribution in [2.24, 2.45) is 0 Å². The Morgan fingerprint density at radius 2 is 1.88 bits per heavy atom. The van der Waals surface area contributed by atoms with Gasteiger partial charge in [0.1, 0.15) is 5.78 Å². The van der Waals surface area contributed by atoms with Crippen molar-refractivity contribution in [1.29, 1.82) is 0 Å². The first-order valence-corrected chi connectivity index (χ1v) is 6.34. The van der Waals surface area contributed by atoms with Crippen LogP contribution < -0.4 is 0 Å². The van der Waals surface area contributed by atoms with Gasteiger partial charge in [-0.05, 0) is 40.5 Å². The van der Waals surface area contributed by atoms with E-state index < -0.39 is 0 Å². The molecule has 1 saturated carbocycles. The third kappa shape index (κ3) is 3.72. The standard InChI is InChI=1S/C13H23NO3/c1-5-17-12(16)14(13(2,3)4)10-6-8-11(15)9-7-10/h10H,5-9H2,1-4H3. The van der Waals surface area contributed by atoms with Gasteiger partial charge in [0.15, 0.2) is 0 Å². The van der Waals surface area contributed by atoms with Crippen LogP contribution in [0.1, 0.15) is 53.4 Å². The molecule has 0 aromatic rings. The Morgan fingerprint density at radius 3 is 2.29 bits per heavy atom. The smallest absolute Gasteiger partial charge is 0.410 e. The summed E-state index contributed by atoms with van der Waals surface area (Å²) in [5.41, 5.74) is -0.267. The van der Waals surface area contributed by atoms with Gasteiger partial charge >= 0.3 is 6.09 Å². The number of carbonyl (C=O) groups is 2. The second-order valence-electron chi connectivity index (χ2n) is 5.51. The zero-order valence-electron chi connectivity index (χ0n) is 11.3. The Kier molecular flexibility index (Phi) is 4.54. The Balaban J connectivity index is 2.76. The minimum absolute atomic E-state index is 0.131. The lowest BCUT2D eigenvalue weighted by Gasteiger charge is -2.42. The van der Waals surface area contributed by atoms with Crippen LogP contribution in [0, 0.1) is 0 Å². The van der Waals surface area contributed by atoms with Gasteiger partial charge in [0.25, 0.3) is 0 Å². The largest absolute Gasteiger partial charge is 0.450 e. The second kappa shape index (κ2) is 5.52. The maximum atomic E-state index is 12.0. The number of hydrogen-bond acceptors (Lipinski definition) is 3. The fraction of sp³-hybridized carbons (Fsp3) is 0.846. The van der Waals surface area contributed by atoms with Crippen LogP contribution >= 0.6 is 0 Å². The lowest BCUT2D eigenvalue weighted by Crippen LogP contribution is -2.53. The molecule has 1 rings (SSSR count). The molecule has 4 heteroatoms. The van der Waals surface area contributed by atoms with Gasteiger partial charge in [0.05, 0.1) is 6.61 Å². The average Bonchev–Trinajstić information content (AvgIpc) is 2.19. The van der Waals surface area contributed by atoms with Gasteiger partial charge < -0.3 is 9.64 Å². The van der Waals surface area contributed by atoms with Gasteiger partial charge in [-0.3, -0.25) is 4.79 Å². The lowest BCUT2D eigenvalue weighted by molar-refractivity contribution is -0.121. The molecule has 0 atom stereocenters. The summed E-state index contributed by atoms with van der Waals surface area (Å²) in [6, 6.07) is 0.131. The second-order valence-corrected chi connectivity index (χ2v) is 5.51. The van der Waals surface area contributed by atoms with Crippen molar-refractivity contribution in [3.63, 3.8) is 0 Å². The number of carbonyl (C=O) groups excluding carboxylic acids is 2. The first kappa shape index (κ1) is 14.0. The highest BCUT2D eigenvalue weighted by molar-refractivity contribution is 5.79. The Labute approximate surface area is 103 Å². The lowest BCUT2D eigenvalue weighted by atomic mass is 9.90. The van der Waals surface area contributed by atoms with Crippen LogP contribution in [-0.2, 0) is 9.53 Å². The first-order chi connectivity index (χ1) is 7.86. The molecule has 1 aliphatic rings. The normalized spacial score (nSPS) is 18.0. The van der Waals surface area contributed by atoms with E-state index in [1.807, 2.05) is 27.7 Å². The van der Waals surface area contributed by atoms with Gasteiger partial charge in [-0.15, -0.1) is 0 Å². The van der Waals surface area contributed by atoms with Crippen molar-refractivity contribution in [2.75, 3.05) is 6.61 Å². The first-order valence-electron chi connectivity index (χ1n) is 6.34. The molecule has 1 aliphatic carbocycles. The van der Waals surface area contributed by atoms with E-state index in [4.69, 9.17) is 4.74 Å². The van der Waals surface area contributed by atoms with E-state index in [1.165, 1.54) is 0 Å². The fourth-order valence-electron chi connectivity index (χ4n) is 2.35. The quantitative estimate of drug-likeness (QED) is 0.746. The zero-order chi connectivity index (χ0) is 13.1. The Bertz CT molecular complexity index is 284. The third-order valence-corrected chi connectivity index (χ3v) is 3.07. The maximum Gasteiger partial charge on any atom is 0.410 e. The number of ether oxygens (including phenoxy) is 1. The van der Waals surface area contributed by atoms with Crippen LogP contribution in [0.3, 0.4) is 0 Å². The van der Waals surface area contributed by atoms with E-state index >= 15 is 0 Å². The molecule has 1 amide bonds. The van der Waals surface area contributed by atoms with Crippen molar-refractivity contribution >= 4 is 11.9 Å². The summed E-state index contributed by atoms with van der Waals surface area (Å²) in [5, 5.41) is 0. The molecule has 0 N–H and O–H groups in total. The average molecular weight is 241 g/mol. The third-order valence-electron chi connectivity index (χ3n) is 3.07. The van der Waals surface area contributed by atoms with Gasteiger partial charge in [-0.25, -0.2) is 4.79 Å². The number of nitrogens with zero attached hydrogens (tertiary/aromatic N) is 1. The van der Waals surface area contributed by atoms with Crippen molar-refractivity contribution in [2.45, 2.75) is 65.0 Å². The molecule has 0 aliphatic heterocycles. The van der Waals surface area contributed by atoms with Gasteiger partial charge in [0.2, 0.25) is 0 Å². The number of Topliss-reactive ketones (excluding diaryl/α,β-unsaturated/α-hetero) is 1. The van der Waals surface area contributed by atoms with Crippen LogP contribution in [0.4, 0.5) is 4.79 Å². The molecule has 0 unspecified atom stereocenters. The van der Waals surface area contributed by atoms with Crippen molar-refractivity contribution in [1.82, 2.24) is 4.90 Å². The molecule has 17 heavy (non-hydrogen) atoms. The molecule has 0 bridgehead atoms. The van der Waals surface area contributed by atoms with E-state index in [-0.39, 0.29) is 17.7 Å².